The fraction of sp³-hybridized carbons (Fsp3) is 0.0556. The molecule has 0 aliphatic heterocycles. The number of rotatable bonds is 2. The second-order valence-corrected chi connectivity index (χ2v) is 5.61. The Bertz CT molecular complexity index is 1040. The van der Waals surface area contributed by atoms with E-state index in [2.05, 4.69) is 20.2 Å². The lowest BCUT2D eigenvalue weighted by molar-refractivity contribution is 1.12. The Morgan fingerprint density at radius 2 is 1.75 bits per heavy atom. The number of aromatic amines is 1. The van der Waals surface area contributed by atoms with E-state index in [-0.39, 0.29) is 0 Å². The third-order valence-corrected chi connectivity index (χ3v) is 4.09. The lowest BCUT2D eigenvalue weighted by Gasteiger charge is -2.13. The van der Waals surface area contributed by atoms with Gasteiger partial charge in [-0.15, -0.1) is 0 Å². The summed E-state index contributed by atoms with van der Waals surface area (Å²) in [7, 11) is 0. The SMILES string of the molecule is Cc1ccccc1-c1nc(N)c2[nH]nc(N)c2c1-c1ccccn1. The summed E-state index contributed by atoms with van der Waals surface area (Å²) in [5.41, 5.74) is 17.4. The number of aryl methyl sites for hydroxylation is 1. The molecule has 5 N–H and O–H groups in total. The molecular formula is C18H16N6. The first kappa shape index (κ1) is 14.2. The number of benzene rings is 1. The van der Waals surface area contributed by atoms with Crippen molar-refractivity contribution in [1.82, 2.24) is 20.2 Å². The van der Waals surface area contributed by atoms with E-state index in [0.29, 0.717) is 17.2 Å². The Kier molecular flexibility index (Phi) is 3.16. The van der Waals surface area contributed by atoms with E-state index in [1.165, 1.54) is 0 Å². The van der Waals surface area contributed by atoms with Crippen molar-refractivity contribution in [3.05, 3.63) is 54.2 Å². The number of aromatic nitrogens is 4. The summed E-state index contributed by atoms with van der Waals surface area (Å²) in [6.07, 6.45) is 1.75. The smallest absolute Gasteiger partial charge is 0.154 e. The van der Waals surface area contributed by atoms with Crippen molar-refractivity contribution < 1.29 is 0 Å². The van der Waals surface area contributed by atoms with E-state index in [1.54, 1.807) is 6.20 Å². The highest BCUT2D eigenvalue weighted by molar-refractivity contribution is 6.09. The second-order valence-electron chi connectivity index (χ2n) is 5.61. The number of nitrogens with two attached hydrogens (primary N) is 2. The summed E-state index contributed by atoms with van der Waals surface area (Å²) in [6, 6.07) is 13.8. The lowest BCUT2D eigenvalue weighted by Crippen LogP contribution is -2.00. The molecule has 6 nitrogen and oxygen atoms in total. The van der Waals surface area contributed by atoms with Crippen molar-refractivity contribution >= 4 is 22.5 Å². The molecule has 6 heteroatoms. The minimum absolute atomic E-state index is 0.368. The first-order valence-electron chi connectivity index (χ1n) is 7.57. The highest BCUT2D eigenvalue weighted by atomic mass is 15.2. The van der Waals surface area contributed by atoms with Crippen LogP contribution in [0, 0.1) is 6.92 Å². The number of H-pyrrole nitrogens is 1. The second kappa shape index (κ2) is 5.34. The average Bonchev–Trinajstić information content (AvgIpc) is 2.99. The molecule has 0 aliphatic rings. The summed E-state index contributed by atoms with van der Waals surface area (Å²) in [5, 5.41) is 7.72. The maximum absolute atomic E-state index is 6.15. The lowest BCUT2D eigenvalue weighted by atomic mass is 9.96. The zero-order chi connectivity index (χ0) is 16.7. The predicted octanol–water partition coefficient (Wildman–Crippen LogP) is 3.16. The van der Waals surface area contributed by atoms with E-state index >= 15 is 0 Å². The van der Waals surface area contributed by atoms with Gasteiger partial charge in [0.1, 0.15) is 11.3 Å². The van der Waals surface area contributed by atoms with Gasteiger partial charge < -0.3 is 11.5 Å². The van der Waals surface area contributed by atoms with Gasteiger partial charge in [-0.05, 0) is 24.6 Å². The van der Waals surface area contributed by atoms with Gasteiger partial charge in [0, 0.05) is 17.3 Å². The third kappa shape index (κ3) is 2.08. The number of anilines is 2. The van der Waals surface area contributed by atoms with Crippen LogP contribution in [0.5, 0.6) is 0 Å². The molecule has 0 saturated heterocycles. The number of nitrogen functional groups attached to an aromatic ring is 2. The van der Waals surface area contributed by atoms with Gasteiger partial charge in [0.05, 0.1) is 16.8 Å². The molecule has 0 bridgehead atoms. The van der Waals surface area contributed by atoms with E-state index in [1.807, 2.05) is 49.4 Å². The minimum atomic E-state index is 0.368. The summed E-state index contributed by atoms with van der Waals surface area (Å²) in [6.45, 7) is 2.04. The Labute approximate surface area is 138 Å². The summed E-state index contributed by atoms with van der Waals surface area (Å²) in [5.74, 6) is 0.752. The van der Waals surface area contributed by atoms with E-state index in [9.17, 15) is 0 Å². The monoisotopic (exact) mass is 316 g/mol. The van der Waals surface area contributed by atoms with E-state index < -0.39 is 0 Å². The average molecular weight is 316 g/mol. The van der Waals surface area contributed by atoms with Gasteiger partial charge in [-0.25, -0.2) is 4.98 Å². The van der Waals surface area contributed by atoms with Crippen LogP contribution >= 0.6 is 0 Å². The molecule has 3 heterocycles. The van der Waals surface area contributed by atoms with Gasteiger partial charge in [0.15, 0.2) is 5.82 Å². The van der Waals surface area contributed by atoms with Gasteiger partial charge in [-0.1, -0.05) is 30.3 Å². The molecule has 3 aromatic heterocycles. The van der Waals surface area contributed by atoms with Crippen molar-refractivity contribution in [2.45, 2.75) is 6.92 Å². The Morgan fingerprint density at radius 3 is 2.50 bits per heavy atom. The van der Waals surface area contributed by atoms with Crippen LogP contribution in [0.1, 0.15) is 5.56 Å². The van der Waals surface area contributed by atoms with Crippen molar-refractivity contribution in [1.29, 1.82) is 0 Å². The number of nitrogens with one attached hydrogen (secondary N) is 1. The van der Waals surface area contributed by atoms with Gasteiger partial charge in [0.25, 0.3) is 0 Å². The molecule has 0 saturated carbocycles. The van der Waals surface area contributed by atoms with Crippen LogP contribution in [0.25, 0.3) is 33.4 Å². The highest BCUT2D eigenvalue weighted by Gasteiger charge is 2.21. The van der Waals surface area contributed by atoms with Crippen LogP contribution in [0.15, 0.2) is 48.7 Å². The number of fused-ring (bicyclic) bond motifs is 1. The molecule has 0 aliphatic carbocycles. The van der Waals surface area contributed by atoms with Gasteiger partial charge in [-0.3, -0.25) is 10.1 Å². The van der Waals surface area contributed by atoms with Crippen LogP contribution in [0.2, 0.25) is 0 Å². The molecule has 0 amide bonds. The molecule has 24 heavy (non-hydrogen) atoms. The van der Waals surface area contributed by atoms with Crippen LogP contribution in [0.3, 0.4) is 0 Å². The highest BCUT2D eigenvalue weighted by Crippen LogP contribution is 2.40. The zero-order valence-electron chi connectivity index (χ0n) is 13.1. The van der Waals surface area contributed by atoms with E-state index in [0.717, 1.165) is 33.5 Å². The molecule has 1 aromatic carbocycles. The molecule has 0 atom stereocenters. The fourth-order valence-electron chi connectivity index (χ4n) is 2.94. The maximum atomic E-state index is 6.15. The quantitative estimate of drug-likeness (QED) is 0.526. The van der Waals surface area contributed by atoms with Crippen molar-refractivity contribution in [2.75, 3.05) is 11.5 Å². The largest absolute Gasteiger partial charge is 0.382 e. The predicted molar refractivity (Wildman–Crippen MR) is 96.1 cm³/mol. The Morgan fingerprint density at radius 1 is 0.958 bits per heavy atom. The van der Waals surface area contributed by atoms with Crippen molar-refractivity contribution in [2.24, 2.45) is 0 Å². The topological polar surface area (TPSA) is 106 Å². The van der Waals surface area contributed by atoms with Crippen LogP contribution in [0.4, 0.5) is 11.6 Å². The molecular weight excluding hydrogens is 300 g/mol. The number of nitrogens with zero attached hydrogens (tertiary/aromatic N) is 3. The zero-order valence-corrected chi connectivity index (χ0v) is 13.1. The molecule has 0 fully saturated rings. The summed E-state index contributed by atoms with van der Waals surface area (Å²) in [4.78, 5) is 9.12. The molecule has 4 rings (SSSR count). The molecule has 0 unspecified atom stereocenters. The molecule has 4 aromatic rings. The first-order chi connectivity index (χ1) is 11.7. The first-order valence-corrected chi connectivity index (χ1v) is 7.57. The molecule has 0 radical (unpaired) electrons. The van der Waals surface area contributed by atoms with Crippen molar-refractivity contribution in [3.8, 4) is 22.5 Å². The number of pyridine rings is 2. The molecule has 0 spiro atoms. The summed E-state index contributed by atoms with van der Waals surface area (Å²) < 4.78 is 0. The normalized spacial score (nSPS) is 11.0. The van der Waals surface area contributed by atoms with E-state index in [4.69, 9.17) is 11.5 Å². The van der Waals surface area contributed by atoms with Crippen LogP contribution in [-0.2, 0) is 0 Å². The van der Waals surface area contributed by atoms with Gasteiger partial charge >= 0.3 is 0 Å². The van der Waals surface area contributed by atoms with Crippen LogP contribution in [-0.4, -0.2) is 20.2 Å². The maximum Gasteiger partial charge on any atom is 0.154 e. The Hall–Kier alpha value is -3.41. The third-order valence-electron chi connectivity index (χ3n) is 4.09. The minimum Gasteiger partial charge on any atom is -0.382 e. The van der Waals surface area contributed by atoms with Gasteiger partial charge in [-0.2, -0.15) is 5.10 Å². The number of hydrogen-bond acceptors (Lipinski definition) is 5. The standard InChI is InChI=1S/C18H16N6/c1-10-6-2-3-7-11(10)15-13(12-8-4-5-9-21-12)14-16(18(20)22-15)23-24-17(14)19/h2-9H,1H3,(H2,20,22)(H3,19,23,24). The van der Waals surface area contributed by atoms with Crippen molar-refractivity contribution in [3.63, 3.8) is 0 Å². The summed E-state index contributed by atoms with van der Waals surface area (Å²) >= 11 is 0. The Balaban J connectivity index is 2.18. The van der Waals surface area contributed by atoms with Crippen LogP contribution < -0.4 is 11.5 Å². The fourth-order valence-corrected chi connectivity index (χ4v) is 2.94. The molecule has 118 valence electrons. The number of hydrogen-bond donors (Lipinski definition) is 3. The van der Waals surface area contributed by atoms with Gasteiger partial charge in [0.2, 0.25) is 0 Å².